The number of nitrogens with two attached hydrogens (primary N) is 1. The summed E-state index contributed by atoms with van der Waals surface area (Å²) in [6, 6.07) is 4.88. The third kappa shape index (κ3) is 3.74. The lowest BCUT2D eigenvalue weighted by molar-refractivity contribution is -0.154. The van der Waals surface area contributed by atoms with Crippen LogP contribution in [0.15, 0.2) is 22.7 Å². The fourth-order valence-electron chi connectivity index (χ4n) is 2.32. The van der Waals surface area contributed by atoms with Crippen LogP contribution in [0.1, 0.15) is 23.2 Å². The Hall–Kier alpha value is -1.60. The molecule has 114 valence electrons. The third-order valence-electron chi connectivity index (χ3n) is 3.67. The predicted molar refractivity (Wildman–Crippen MR) is 81.0 cm³/mol. The summed E-state index contributed by atoms with van der Waals surface area (Å²) in [4.78, 5) is 23.6. The van der Waals surface area contributed by atoms with Gasteiger partial charge in [0.05, 0.1) is 5.41 Å². The highest BCUT2D eigenvalue weighted by Crippen LogP contribution is 2.30. The van der Waals surface area contributed by atoms with Gasteiger partial charge in [-0.3, -0.25) is 9.59 Å². The van der Waals surface area contributed by atoms with Crippen molar-refractivity contribution < 1.29 is 19.4 Å². The number of hydrogen-bond acceptors (Lipinski definition) is 4. The quantitative estimate of drug-likeness (QED) is 0.711. The number of carboxylic acids is 1. The van der Waals surface area contributed by atoms with Gasteiger partial charge in [0.2, 0.25) is 0 Å². The minimum absolute atomic E-state index is 0.0803. The summed E-state index contributed by atoms with van der Waals surface area (Å²) in [6.07, 6.45) is 0.784. The molecule has 1 fully saturated rings. The maximum absolute atomic E-state index is 12.1. The molecule has 0 bridgehead atoms. The maximum Gasteiger partial charge on any atom is 0.311 e. The number of nitrogen functional groups attached to an aromatic ring is 1. The van der Waals surface area contributed by atoms with Crippen molar-refractivity contribution in [2.24, 2.45) is 5.41 Å². The number of anilines is 1. The molecule has 1 amide bonds. The highest BCUT2D eigenvalue weighted by molar-refractivity contribution is 9.10. The Bertz CT molecular complexity index is 536. The van der Waals surface area contributed by atoms with Gasteiger partial charge in [-0.1, -0.05) is 15.9 Å². The predicted octanol–water partition coefficient (Wildman–Crippen LogP) is 1.64. The smallest absolute Gasteiger partial charge is 0.311 e. The molecule has 7 heteroatoms. The minimum Gasteiger partial charge on any atom is -0.481 e. The summed E-state index contributed by atoms with van der Waals surface area (Å²) in [5.41, 5.74) is 5.60. The molecule has 0 aliphatic carbocycles. The van der Waals surface area contributed by atoms with Crippen molar-refractivity contribution >= 4 is 33.5 Å². The molecular weight excluding hydrogens is 340 g/mol. The van der Waals surface area contributed by atoms with Crippen molar-refractivity contribution in [2.75, 3.05) is 25.5 Å². The Labute approximate surface area is 130 Å². The molecule has 4 N–H and O–H groups in total. The fraction of sp³-hybridized carbons (Fsp3) is 0.429. The summed E-state index contributed by atoms with van der Waals surface area (Å²) < 4.78 is 5.90. The van der Waals surface area contributed by atoms with Gasteiger partial charge in [0.25, 0.3) is 5.91 Å². The summed E-state index contributed by atoms with van der Waals surface area (Å²) in [5.74, 6) is -1.24. The van der Waals surface area contributed by atoms with Crippen molar-refractivity contribution in [3.63, 3.8) is 0 Å². The monoisotopic (exact) mass is 356 g/mol. The Morgan fingerprint density at radius 2 is 2.00 bits per heavy atom. The standard InChI is InChI=1S/C14H17BrN2O4/c15-10-5-9(6-11(16)7-10)12(18)17-8-14(13(19)20)1-3-21-4-2-14/h5-7H,1-4,8,16H2,(H,17,18)(H,19,20). The molecule has 1 aromatic carbocycles. The van der Waals surface area contributed by atoms with Crippen LogP contribution in [0.4, 0.5) is 5.69 Å². The van der Waals surface area contributed by atoms with Crippen LogP contribution in [-0.4, -0.2) is 36.7 Å². The molecule has 21 heavy (non-hydrogen) atoms. The average Bonchev–Trinajstić information content (AvgIpc) is 2.44. The van der Waals surface area contributed by atoms with Gasteiger partial charge in [-0.2, -0.15) is 0 Å². The van der Waals surface area contributed by atoms with Crippen molar-refractivity contribution in [2.45, 2.75) is 12.8 Å². The highest BCUT2D eigenvalue weighted by atomic mass is 79.9. The Morgan fingerprint density at radius 3 is 2.57 bits per heavy atom. The number of carbonyl (C=O) groups excluding carboxylic acids is 1. The lowest BCUT2D eigenvalue weighted by atomic mass is 9.80. The molecule has 0 saturated carbocycles. The topological polar surface area (TPSA) is 102 Å². The lowest BCUT2D eigenvalue weighted by Gasteiger charge is -2.33. The summed E-state index contributed by atoms with van der Waals surface area (Å²) in [6.45, 7) is 0.870. The number of halogens is 1. The first kappa shape index (κ1) is 15.8. The first-order valence-corrected chi connectivity index (χ1v) is 7.38. The highest BCUT2D eigenvalue weighted by Gasteiger charge is 2.40. The van der Waals surface area contributed by atoms with Crippen molar-refractivity contribution in [1.29, 1.82) is 0 Å². The molecule has 0 aromatic heterocycles. The van der Waals surface area contributed by atoms with Crippen molar-refractivity contribution in [1.82, 2.24) is 5.32 Å². The van der Waals surface area contributed by atoms with E-state index in [1.807, 2.05) is 0 Å². The van der Waals surface area contributed by atoms with E-state index >= 15 is 0 Å². The number of rotatable bonds is 4. The van der Waals surface area contributed by atoms with Gasteiger partial charge in [0.1, 0.15) is 0 Å². The zero-order valence-electron chi connectivity index (χ0n) is 11.4. The Morgan fingerprint density at radius 1 is 1.33 bits per heavy atom. The summed E-state index contributed by atoms with van der Waals surface area (Å²) >= 11 is 3.27. The van der Waals surface area contributed by atoms with Crippen LogP contribution < -0.4 is 11.1 Å². The Balaban J connectivity index is 2.06. The number of ether oxygens (including phenoxy) is 1. The van der Waals surface area contributed by atoms with Gasteiger partial charge < -0.3 is 20.9 Å². The normalized spacial score (nSPS) is 17.2. The van der Waals surface area contributed by atoms with Crippen LogP contribution >= 0.6 is 15.9 Å². The summed E-state index contributed by atoms with van der Waals surface area (Å²) in [5, 5.41) is 12.1. The van der Waals surface area contributed by atoms with Crippen LogP contribution in [0.3, 0.4) is 0 Å². The molecule has 1 aromatic rings. The second-order valence-corrected chi connectivity index (χ2v) is 6.07. The molecule has 0 spiro atoms. The number of benzene rings is 1. The first-order chi connectivity index (χ1) is 9.93. The molecule has 1 aliphatic rings. The molecule has 0 atom stereocenters. The number of hydrogen-bond donors (Lipinski definition) is 3. The minimum atomic E-state index is -0.953. The van der Waals surface area contributed by atoms with E-state index in [2.05, 4.69) is 21.2 Å². The number of aliphatic carboxylic acids is 1. The van der Waals surface area contributed by atoms with E-state index in [1.54, 1.807) is 18.2 Å². The molecule has 1 saturated heterocycles. The zero-order valence-corrected chi connectivity index (χ0v) is 13.0. The SMILES string of the molecule is Nc1cc(Br)cc(C(=O)NCC2(C(=O)O)CCOCC2)c1. The van der Waals surface area contributed by atoms with Crippen LogP contribution in [0, 0.1) is 5.41 Å². The second kappa shape index (κ2) is 6.44. The molecule has 6 nitrogen and oxygen atoms in total. The van der Waals surface area contributed by atoms with E-state index in [0.717, 1.165) is 0 Å². The molecule has 1 aliphatic heterocycles. The molecule has 0 unspecified atom stereocenters. The Kier molecular flexibility index (Phi) is 4.84. The fourth-order valence-corrected chi connectivity index (χ4v) is 2.83. The molecular formula is C14H17BrN2O4. The van der Waals surface area contributed by atoms with Crippen LogP contribution in [-0.2, 0) is 9.53 Å². The molecule has 1 heterocycles. The van der Waals surface area contributed by atoms with E-state index in [0.29, 0.717) is 41.8 Å². The van der Waals surface area contributed by atoms with Crippen LogP contribution in [0.25, 0.3) is 0 Å². The van der Waals surface area contributed by atoms with Gasteiger partial charge in [-0.05, 0) is 31.0 Å². The van der Waals surface area contributed by atoms with Gasteiger partial charge in [0.15, 0.2) is 0 Å². The lowest BCUT2D eigenvalue weighted by Crippen LogP contribution is -2.46. The maximum atomic E-state index is 12.1. The number of amides is 1. The van der Waals surface area contributed by atoms with E-state index in [1.165, 1.54) is 0 Å². The van der Waals surface area contributed by atoms with Crippen LogP contribution in [0.2, 0.25) is 0 Å². The largest absolute Gasteiger partial charge is 0.481 e. The van der Waals surface area contributed by atoms with Gasteiger partial charge in [-0.25, -0.2) is 0 Å². The summed E-state index contributed by atoms with van der Waals surface area (Å²) in [7, 11) is 0. The van der Waals surface area contributed by atoms with E-state index in [-0.39, 0.29) is 12.5 Å². The van der Waals surface area contributed by atoms with Gasteiger partial charge in [-0.15, -0.1) is 0 Å². The second-order valence-electron chi connectivity index (χ2n) is 5.15. The van der Waals surface area contributed by atoms with Gasteiger partial charge >= 0.3 is 5.97 Å². The zero-order chi connectivity index (χ0) is 15.5. The number of carbonyl (C=O) groups is 2. The van der Waals surface area contributed by atoms with Gasteiger partial charge in [0, 0.05) is 35.5 Å². The first-order valence-electron chi connectivity index (χ1n) is 6.58. The van der Waals surface area contributed by atoms with E-state index in [9.17, 15) is 14.7 Å². The van der Waals surface area contributed by atoms with Crippen molar-refractivity contribution in [3.8, 4) is 0 Å². The van der Waals surface area contributed by atoms with Crippen molar-refractivity contribution in [3.05, 3.63) is 28.2 Å². The van der Waals surface area contributed by atoms with E-state index in [4.69, 9.17) is 10.5 Å². The number of carboxylic acid groups (broad SMARTS) is 1. The average molecular weight is 357 g/mol. The van der Waals surface area contributed by atoms with Crippen LogP contribution in [0.5, 0.6) is 0 Å². The molecule has 0 radical (unpaired) electrons. The third-order valence-corrected chi connectivity index (χ3v) is 4.13. The number of nitrogens with one attached hydrogen (secondary N) is 1. The van der Waals surface area contributed by atoms with E-state index < -0.39 is 11.4 Å². The molecule has 2 rings (SSSR count).